The first kappa shape index (κ1) is 20.3. The second kappa shape index (κ2) is 9.28. The summed E-state index contributed by atoms with van der Waals surface area (Å²) in [6.45, 7) is 6.41. The Morgan fingerprint density at radius 2 is 1.75 bits per heavy atom. The summed E-state index contributed by atoms with van der Waals surface area (Å²) in [5.74, 6) is 1.57. The highest BCUT2D eigenvalue weighted by molar-refractivity contribution is 5.89. The molecule has 3 heterocycles. The van der Waals surface area contributed by atoms with Gasteiger partial charge >= 0.3 is 0 Å². The van der Waals surface area contributed by atoms with Crippen molar-refractivity contribution in [2.45, 2.75) is 13.3 Å². The van der Waals surface area contributed by atoms with Gasteiger partial charge in [0.25, 0.3) is 0 Å². The molecule has 4 aromatic rings. The van der Waals surface area contributed by atoms with Gasteiger partial charge in [0.05, 0.1) is 30.1 Å². The molecule has 0 radical (unpaired) electrons. The van der Waals surface area contributed by atoms with Crippen molar-refractivity contribution >= 4 is 33.9 Å². The lowest BCUT2D eigenvalue weighted by molar-refractivity contribution is 0.122. The summed E-state index contributed by atoms with van der Waals surface area (Å²) in [5, 5.41) is 6.90. The molecule has 0 saturated carbocycles. The number of nitrogens with one attached hydrogen (secondary N) is 3. The Morgan fingerprint density at radius 1 is 0.969 bits per heavy atom. The molecule has 0 amide bonds. The molecule has 32 heavy (non-hydrogen) atoms. The van der Waals surface area contributed by atoms with E-state index in [0.717, 1.165) is 66.9 Å². The van der Waals surface area contributed by atoms with Gasteiger partial charge < -0.3 is 25.3 Å². The molecule has 0 spiro atoms. The Hall–Kier alpha value is -3.58. The Balaban J connectivity index is 1.39. The molecule has 2 aromatic carbocycles. The Morgan fingerprint density at radius 3 is 2.53 bits per heavy atom. The highest BCUT2D eigenvalue weighted by Gasteiger charge is 2.13. The van der Waals surface area contributed by atoms with E-state index in [9.17, 15) is 0 Å². The molecule has 3 N–H and O–H groups in total. The van der Waals surface area contributed by atoms with E-state index in [4.69, 9.17) is 14.7 Å². The van der Waals surface area contributed by atoms with Crippen molar-refractivity contribution in [1.29, 1.82) is 0 Å². The van der Waals surface area contributed by atoms with Crippen molar-refractivity contribution in [2.24, 2.45) is 0 Å². The number of morpholine rings is 1. The fourth-order valence-corrected chi connectivity index (χ4v) is 4.06. The molecule has 7 nitrogen and oxygen atoms in total. The van der Waals surface area contributed by atoms with Crippen LogP contribution in [-0.4, -0.2) is 47.8 Å². The van der Waals surface area contributed by atoms with Gasteiger partial charge in [-0.1, -0.05) is 24.3 Å². The van der Waals surface area contributed by atoms with Gasteiger partial charge in [-0.15, -0.1) is 0 Å². The van der Waals surface area contributed by atoms with Crippen LogP contribution in [0.4, 0.5) is 22.9 Å². The lowest BCUT2D eigenvalue weighted by atomic mass is 10.1. The summed E-state index contributed by atoms with van der Waals surface area (Å²) in [5.41, 5.74) is 6.28. The van der Waals surface area contributed by atoms with Gasteiger partial charge in [-0.25, -0.2) is 9.97 Å². The van der Waals surface area contributed by atoms with Crippen LogP contribution in [-0.2, 0) is 11.2 Å². The zero-order valence-electron chi connectivity index (χ0n) is 18.3. The fourth-order valence-electron chi connectivity index (χ4n) is 4.06. The first-order valence-electron chi connectivity index (χ1n) is 11.2. The number of hydrogen-bond donors (Lipinski definition) is 3. The molecular formula is C25H28N6O. The number of para-hydroxylation sites is 2. The van der Waals surface area contributed by atoms with E-state index in [1.165, 1.54) is 11.3 Å². The van der Waals surface area contributed by atoms with E-state index in [0.29, 0.717) is 6.42 Å². The van der Waals surface area contributed by atoms with Crippen LogP contribution in [0.15, 0.2) is 60.8 Å². The van der Waals surface area contributed by atoms with Crippen molar-refractivity contribution in [3.63, 3.8) is 0 Å². The molecule has 2 aromatic heterocycles. The Bertz CT molecular complexity index is 1180. The molecule has 164 valence electrons. The van der Waals surface area contributed by atoms with Crippen molar-refractivity contribution in [2.75, 3.05) is 48.4 Å². The Labute approximate surface area is 187 Å². The SMILES string of the molecule is CCNc1ccccc1Nc1nc(Cc2ccc(N3CCOCC3)cc2)nc2cc[nH]c12. The van der Waals surface area contributed by atoms with Crippen LogP contribution in [0.1, 0.15) is 18.3 Å². The van der Waals surface area contributed by atoms with Crippen LogP contribution in [0.5, 0.6) is 0 Å². The highest BCUT2D eigenvalue weighted by atomic mass is 16.5. The predicted octanol–water partition coefficient (Wildman–Crippen LogP) is 4.56. The molecule has 7 heteroatoms. The van der Waals surface area contributed by atoms with E-state index >= 15 is 0 Å². The maximum atomic E-state index is 5.46. The van der Waals surface area contributed by atoms with Crippen molar-refractivity contribution in [3.8, 4) is 0 Å². The minimum absolute atomic E-state index is 0.675. The third kappa shape index (κ3) is 4.38. The summed E-state index contributed by atoms with van der Waals surface area (Å²) in [7, 11) is 0. The molecule has 0 unspecified atom stereocenters. The summed E-state index contributed by atoms with van der Waals surface area (Å²) in [6, 6.07) is 18.9. The average molecular weight is 429 g/mol. The second-order valence-electron chi connectivity index (χ2n) is 7.87. The zero-order chi connectivity index (χ0) is 21.8. The van der Waals surface area contributed by atoms with Crippen LogP contribution in [0, 0.1) is 0 Å². The van der Waals surface area contributed by atoms with E-state index in [-0.39, 0.29) is 0 Å². The number of aromatic nitrogens is 3. The normalized spacial score (nSPS) is 14.0. The molecule has 1 aliphatic rings. The number of benzene rings is 2. The number of aromatic amines is 1. The summed E-state index contributed by atoms with van der Waals surface area (Å²) < 4.78 is 5.46. The molecule has 5 rings (SSSR count). The zero-order valence-corrected chi connectivity index (χ0v) is 18.3. The van der Waals surface area contributed by atoms with Gasteiger partial charge in [0, 0.05) is 37.9 Å². The quantitative estimate of drug-likeness (QED) is 0.401. The monoisotopic (exact) mass is 428 g/mol. The molecule has 1 saturated heterocycles. The summed E-state index contributed by atoms with van der Waals surface area (Å²) in [6.07, 6.45) is 2.58. The van der Waals surface area contributed by atoms with E-state index < -0.39 is 0 Å². The molecular weight excluding hydrogens is 400 g/mol. The lowest BCUT2D eigenvalue weighted by Crippen LogP contribution is -2.36. The number of rotatable bonds is 7. The van der Waals surface area contributed by atoms with E-state index in [1.807, 2.05) is 24.4 Å². The number of nitrogens with zero attached hydrogens (tertiary/aromatic N) is 3. The van der Waals surface area contributed by atoms with Crippen LogP contribution in [0.3, 0.4) is 0 Å². The smallest absolute Gasteiger partial charge is 0.158 e. The first-order chi connectivity index (χ1) is 15.8. The number of hydrogen-bond acceptors (Lipinski definition) is 6. The fraction of sp³-hybridized carbons (Fsp3) is 0.280. The molecule has 0 atom stereocenters. The second-order valence-corrected chi connectivity index (χ2v) is 7.87. The van der Waals surface area contributed by atoms with E-state index in [1.54, 1.807) is 0 Å². The third-order valence-electron chi connectivity index (χ3n) is 5.67. The highest BCUT2D eigenvalue weighted by Crippen LogP contribution is 2.28. The molecule has 0 bridgehead atoms. The van der Waals surface area contributed by atoms with Crippen molar-refractivity contribution in [3.05, 3.63) is 72.2 Å². The van der Waals surface area contributed by atoms with Gasteiger partial charge in [-0.05, 0) is 42.8 Å². The maximum absolute atomic E-state index is 5.46. The third-order valence-corrected chi connectivity index (χ3v) is 5.67. The van der Waals surface area contributed by atoms with Gasteiger partial charge in [0.1, 0.15) is 11.3 Å². The Kier molecular flexibility index (Phi) is 5.89. The largest absolute Gasteiger partial charge is 0.384 e. The lowest BCUT2D eigenvalue weighted by Gasteiger charge is -2.28. The average Bonchev–Trinajstić information content (AvgIpc) is 3.31. The van der Waals surface area contributed by atoms with Crippen LogP contribution in [0.25, 0.3) is 11.0 Å². The van der Waals surface area contributed by atoms with E-state index in [2.05, 4.69) is 63.8 Å². The van der Waals surface area contributed by atoms with Gasteiger partial charge in [0.15, 0.2) is 5.82 Å². The molecule has 1 fully saturated rings. The van der Waals surface area contributed by atoms with Crippen molar-refractivity contribution in [1.82, 2.24) is 15.0 Å². The summed E-state index contributed by atoms with van der Waals surface area (Å²) >= 11 is 0. The predicted molar refractivity (Wildman–Crippen MR) is 130 cm³/mol. The molecule has 1 aliphatic heterocycles. The standard InChI is InChI=1S/C25H28N6O/c1-2-26-20-5-3-4-6-21(20)29-25-24-22(11-12-27-24)28-23(30-25)17-18-7-9-19(10-8-18)31-13-15-32-16-14-31/h3-12,26-27H,2,13-17H2,1H3,(H,28,29,30). The van der Waals surface area contributed by atoms with Crippen molar-refractivity contribution < 1.29 is 4.74 Å². The number of fused-ring (bicyclic) bond motifs is 1. The van der Waals surface area contributed by atoms with Gasteiger partial charge in [0.2, 0.25) is 0 Å². The topological polar surface area (TPSA) is 78.1 Å². The van der Waals surface area contributed by atoms with Crippen LogP contribution >= 0.6 is 0 Å². The minimum Gasteiger partial charge on any atom is -0.384 e. The number of anilines is 4. The minimum atomic E-state index is 0.675. The number of H-pyrrole nitrogens is 1. The van der Waals surface area contributed by atoms with Gasteiger partial charge in [-0.2, -0.15) is 0 Å². The van der Waals surface area contributed by atoms with Crippen LogP contribution in [0.2, 0.25) is 0 Å². The summed E-state index contributed by atoms with van der Waals surface area (Å²) in [4.78, 5) is 15.3. The maximum Gasteiger partial charge on any atom is 0.158 e. The number of ether oxygens (including phenoxy) is 1. The first-order valence-corrected chi connectivity index (χ1v) is 11.2. The van der Waals surface area contributed by atoms with Gasteiger partial charge in [-0.3, -0.25) is 0 Å². The van der Waals surface area contributed by atoms with Crippen LogP contribution < -0.4 is 15.5 Å². The molecule has 0 aliphatic carbocycles.